The van der Waals surface area contributed by atoms with Crippen LogP contribution in [0.1, 0.15) is 43.1 Å². The van der Waals surface area contributed by atoms with Gasteiger partial charge in [-0.3, -0.25) is 9.69 Å². The lowest BCUT2D eigenvalue weighted by molar-refractivity contribution is 0.102. The van der Waals surface area contributed by atoms with E-state index in [1.165, 1.54) is 12.8 Å². The first kappa shape index (κ1) is 25.3. The van der Waals surface area contributed by atoms with Crippen LogP contribution in [0.2, 0.25) is 0 Å². The third kappa shape index (κ3) is 6.30. The topological polar surface area (TPSA) is 120 Å². The maximum atomic E-state index is 12.9. The molecule has 0 radical (unpaired) electrons. The summed E-state index contributed by atoms with van der Waals surface area (Å²) in [7, 11) is 0. The van der Waals surface area contributed by atoms with Crippen LogP contribution < -0.4 is 14.8 Å². The predicted octanol–water partition coefficient (Wildman–Crippen LogP) is 4.23. The fraction of sp³-hybridized carbons (Fsp3) is 0.333. The molecule has 1 aliphatic heterocycles. The van der Waals surface area contributed by atoms with Gasteiger partial charge in [-0.2, -0.15) is 9.97 Å². The van der Waals surface area contributed by atoms with Crippen LogP contribution in [0.4, 0.5) is 5.82 Å². The number of likely N-dealkylation sites (tertiary alicyclic amines) is 1. The average Bonchev–Trinajstić information content (AvgIpc) is 3.63. The van der Waals surface area contributed by atoms with Gasteiger partial charge in [-0.1, -0.05) is 12.1 Å². The average molecular weight is 515 g/mol. The van der Waals surface area contributed by atoms with E-state index < -0.39 is 0 Å². The number of carbonyl (C=O) groups is 1. The number of carbonyl (C=O) groups excluding carboxylic acids is 1. The zero-order chi connectivity index (χ0) is 26.3. The maximum absolute atomic E-state index is 12.9. The summed E-state index contributed by atoms with van der Waals surface area (Å²) in [6.07, 6.45) is 7.27. The van der Waals surface area contributed by atoms with Crippen molar-refractivity contribution in [1.82, 2.24) is 34.6 Å². The van der Waals surface area contributed by atoms with Gasteiger partial charge in [-0.15, -0.1) is 10.2 Å². The van der Waals surface area contributed by atoms with Crippen LogP contribution in [-0.2, 0) is 0 Å². The second-order valence-electron chi connectivity index (χ2n) is 9.25. The molecule has 0 unspecified atom stereocenters. The first-order valence-corrected chi connectivity index (χ1v) is 12.7. The van der Waals surface area contributed by atoms with Crippen molar-refractivity contribution in [1.29, 1.82) is 0 Å². The molecule has 4 aromatic rings. The Hall–Kier alpha value is -4.38. The predicted molar refractivity (Wildman–Crippen MR) is 141 cm³/mol. The van der Waals surface area contributed by atoms with Crippen LogP contribution in [-0.4, -0.2) is 66.8 Å². The molecule has 3 aromatic heterocycles. The third-order valence-electron chi connectivity index (χ3n) is 6.12. The summed E-state index contributed by atoms with van der Waals surface area (Å²) in [5.74, 6) is 1.65. The second kappa shape index (κ2) is 11.8. The number of nitrogens with one attached hydrogen (secondary N) is 1. The summed E-state index contributed by atoms with van der Waals surface area (Å²) in [5.41, 5.74) is 1.04. The molecule has 1 fully saturated rings. The Bertz CT molecular complexity index is 1370. The molecule has 0 bridgehead atoms. The molecule has 1 amide bonds. The van der Waals surface area contributed by atoms with E-state index in [0.29, 0.717) is 47.0 Å². The molecular formula is C27H30N8O3. The molecule has 38 heavy (non-hydrogen) atoms. The van der Waals surface area contributed by atoms with E-state index >= 15 is 0 Å². The van der Waals surface area contributed by atoms with E-state index in [1.807, 2.05) is 30.5 Å². The van der Waals surface area contributed by atoms with E-state index in [1.54, 1.807) is 49.1 Å². The number of pyridine rings is 1. The summed E-state index contributed by atoms with van der Waals surface area (Å²) >= 11 is 0. The molecule has 1 aliphatic rings. The molecule has 1 saturated heterocycles. The monoisotopic (exact) mass is 514 g/mol. The molecule has 5 rings (SSSR count). The zero-order valence-corrected chi connectivity index (χ0v) is 21.4. The standard InChI is InChI=1S/C27H30N8O3/c1-19(2)35-18-30-33-25(35)23-9-6-10-24(31-23)32-26(36)20-7-5-8-21(15-20)38-22-16-28-27(29-17-22)37-14-13-34-11-3-4-12-34/h5-10,15-19H,3-4,11-14H2,1-2H3,(H,31,32,36). The van der Waals surface area contributed by atoms with Crippen molar-refractivity contribution in [3.8, 4) is 29.0 Å². The van der Waals surface area contributed by atoms with Gasteiger partial charge in [-0.05, 0) is 70.1 Å². The highest BCUT2D eigenvalue weighted by atomic mass is 16.5. The second-order valence-corrected chi connectivity index (χ2v) is 9.25. The number of hydrogen-bond acceptors (Lipinski definition) is 9. The van der Waals surface area contributed by atoms with Gasteiger partial charge in [0.2, 0.25) is 0 Å². The number of amides is 1. The summed E-state index contributed by atoms with van der Waals surface area (Å²) in [5, 5.41) is 11.0. The van der Waals surface area contributed by atoms with Gasteiger partial charge < -0.3 is 19.4 Å². The van der Waals surface area contributed by atoms with Gasteiger partial charge in [-0.25, -0.2) is 4.98 Å². The van der Waals surface area contributed by atoms with Crippen LogP contribution in [0.5, 0.6) is 17.5 Å². The van der Waals surface area contributed by atoms with E-state index in [0.717, 1.165) is 19.6 Å². The lowest BCUT2D eigenvalue weighted by atomic mass is 10.2. The highest BCUT2D eigenvalue weighted by Crippen LogP contribution is 2.23. The number of ether oxygens (including phenoxy) is 2. The molecule has 0 saturated carbocycles. The molecule has 0 atom stereocenters. The van der Waals surface area contributed by atoms with Gasteiger partial charge >= 0.3 is 6.01 Å². The van der Waals surface area contributed by atoms with Crippen molar-refractivity contribution in [3.05, 3.63) is 66.7 Å². The largest absolute Gasteiger partial charge is 0.462 e. The molecular weight excluding hydrogens is 484 g/mol. The Morgan fingerprint density at radius 1 is 1.05 bits per heavy atom. The molecule has 11 nitrogen and oxygen atoms in total. The van der Waals surface area contributed by atoms with Crippen molar-refractivity contribution >= 4 is 11.7 Å². The lowest BCUT2D eigenvalue weighted by Gasteiger charge is -2.14. The van der Waals surface area contributed by atoms with Crippen LogP contribution in [0.15, 0.2) is 61.2 Å². The SMILES string of the molecule is CC(C)n1cnnc1-c1cccc(NC(=O)c2cccc(Oc3cnc(OCCN4CCCC4)nc3)c2)n1. The van der Waals surface area contributed by atoms with Crippen LogP contribution in [0.3, 0.4) is 0 Å². The molecule has 4 heterocycles. The van der Waals surface area contributed by atoms with Crippen molar-refractivity contribution in [3.63, 3.8) is 0 Å². The van der Waals surface area contributed by atoms with E-state index in [2.05, 4.69) is 35.4 Å². The fourth-order valence-electron chi connectivity index (χ4n) is 4.16. The quantitative estimate of drug-likeness (QED) is 0.331. The van der Waals surface area contributed by atoms with Gasteiger partial charge in [0.15, 0.2) is 11.6 Å². The highest BCUT2D eigenvalue weighted by Gasteiger charge is 2.14. The molecule has 0 spiro atoms. The molecule has 1 aromatic carbocycles. The Labute approximate surface area is 220 Å². The molecule has 0 aliphatic carbocycles. The lowest BCUT2D eigenvalue weighted by Crippen LogP contribution is -2.25. The fourth-order valence-corrected chi connectivity index (χ4v) is 4.16. The van der Waals surface area contributed by atoms with Crippen LogP contribution >= 0.6 is 0 Å². The van der Waals surface area contributed by atoms with Gasteiger partial charge in [0.1, 0.15) is 30.2 Å². The van der Waals surface area contributed by atoms with Crippen molar-refractivity contribution in [2.24, 2.45) is 0 Å². The smallest absolute Gasteiger partial charge is 0.316 e. The highest BCUT2D eigenvalue weighted by molar-refractivity contribution is 6.04. The minimum Gasteiger partial charge on any atom is -0.462 e. The molecule has 196 valence electrons. The van der Waals surface area contributed by atoms with Crippen molar-refractivity contribution in [2.75, 3.05) is 31.6 Å². The number of anilines is 1. The Morgan fingerprint density at radius 2 is 1.84 bits per heavy atom. The van der Waals surface area contributed by atoms with Crippen molar-refractivity contribution in [2.45, 2.75) is 32.7 Å². The van der Waals surface area contributed by atoms with Gasteiger partial charge in [0.05, 0.1) is 12.4 Å². The number of nitrogens with zero attached hydrogens (tertiary/aromatic N) is 7. The van der Waals surface area contributed by atoms with E-state index in [-0.39, 0.29) is 11.9 Å². The molecule has 1 N–H and O–H groups in total. The van der Waals surface area contributed by atoms with Crippen molar-refractivity contribution < 1.29 is 14.3 Å². The zero-order valence-electron chi connectivity index (χ0n) is 21.4. The first-order valence-electron chi connectivity index (χ1n) is 12.7. The Balaban J connectivity index is 1.19. The third-order valence-corrected chi connectivity index (χ3v) is 6.12. The number of hydrogen-bond donors (Lipinski definition) is 1. The van der Waals surface area contributed by atoms with Crippen LogP contribution in [0.25, 0.3) is 11.5 Å². The van der Waals surface area contributed by atoms with Crippen LogP contribution in [0, 0.1) is 0 Å². The minimum absolute atomic E-state index is 0.177. The van der Waals surface area contributed by atoms with Gasteiger partial charge in [0.25, 0.3) is 5.91 Å². The number of benzene rings is 1. The first-order chi connectivity index (χ1) is 18.5. The Kier molecular flexibility index (Phi) is 7.84. The summed E-state index contributed by atoms with van der Waals surface area (Å²) < 4.78 is 13.4. The summed E-state index contributed by atoms with van der Waals surface area (Å²) in [6, 6.07) is 12.7. The summed E-state index contributed by atoms with van der Waals surface area (Å²) in [6.45, 7) is 7.75. The Morgan fingerprint density at radius 3 is 2.63 bits per heavy atom. The molecule has 11 heteroatoms. The minimum atomic E-state index is -0.316. The van der Waals surface area contributed by atoms with Gasteiger partial charge in [0, 0.05) is 18.2 Å². The van der Waals surface area contributed by atoms with E-state index in [9.17, 15) is 4.79 Å². The summed E-state index contributed by atoms with van der Waals surface area (Å²) in [4.78, 5) is 28.3. The normalized spacial score (nSPS) is 13.6. The maximum Gasteiger partial charge on any atom is 0.316 e. The van der Waals surface area contributed by atoms with E-state index in [4.69, 9.17) is 9.47 Å². The number of rotatable bonds is 10. The number of aromatic nitrogens is 6.